The normalized spacial score (nSPS) is 28.1. The second-order valence-electron chi connectivity index (χ2n) is 4.97. The Kier molecular flexibility index (Phi) is 4.33. The van der Waals surface area contributed by atoms with Crippen molar-refractivity contribution in [1.29, 1.82) is 0 Å². The first kappa shape index (κ1) is 13.5. The van der Waals surface area contributed by atoms with Crippen LogP contribution in [0.2, 0.25) is 0 Å². The fourth-order valence-corrected chi connectivity index (χ4v) is 2.11. The van der Waals surface area contributed by atoms with Gasteiger partial charge in [0.15, 0.2) is 0 Å². The topological polar surface area (TPSA) is 49.8 Å². The standard InChI is InChI=1S/C12H23NO3/c1-5-12(2,16-4)11(15)13(3)8-9-6-10(14)7-9/h9-10,14H,5-8H2,1-4H3. The number of likely N-dealkylation sites (N-methyl/N-ethyl adjacent to an activating group) is 1. The second-order valence-corrected chi connectivity index (χ2v) is 4.97. The van der Waals surface area contributed by atoms with Gasteiger partial charge < -0.3 is 14.7 Å². The number of aliphatic hydroxyl groups excluding tert-OH is 1. The van der Waals surface area contributed by atoms with Gasteiger partial charge in [-0.25, -0.2) is 0 Å². The molecule has 0 aromatic carbocycles. The van der Waals surface area contributed by atoms with Gasteiger partial charge in [0.05, 0.1) is 6.10 Å². The third-order valence-corrected chi connectivity index (χ3v) is 3.67. The highest BCUT2D eigenvalue weighted by Crippen LogP contribution is 2.28. The number of amides is 1. The van der Waals surface area contributed by atoms with Gasteiger partial charge in [-0.1, -0.05) is 6.92 Å². The Bertz CT molecular complexity index is 245. The van der Waals surface area contributed by atoms with Gasteiger partial charge >= 0.3 is 0 Å². The van der Waals surface area contributed by atoms with E-state index >= 15 is 0 Å². The highest BCUT2D eigenvalue weighted by Gasteiger charge is 2.36. The van der Waals surface area contributed by atoms with E-state index in [-0.39, 0.29) is 12.0 Å². The highest BCUT2D eigenvalue weighted by atomic mass is 16.5. The van der Waals surface area contributed by atoms with E-state index in [2.05, 4.69) is 0 Å². The summed E-state index contributed by atoms with van der Waals surface area (Å²) in [6, 6.07) is 0. The van der Waals surface area contributed by atoms with E-state index in [4.69, 9.17) is 4.74 Å². The Balaban J connectivity index is 2.46. The van der Waals surface area contributed by atoms with Gasteiger partial charge in [-0.2, -0.15) is 0 Å². The Morgan fingerprint density at radius 3 is 2.50 bits per heavy atom. The van der Waals surface area contributed by atoms with Crippen LogP contribution in [-0.4, -0.2) is 48.3 Å². The third kappa shape index (κ3) is 2.74. The lowest BCUT2D eigenvalue weighted by atomic mass is 9.82. The molecule has 0 saturated heterocycles. The number of hydrogen-bond donors (Lipinski definition) is 1. The molecule has 1 N–H and O–H groups in total. The molecule has 0 aliphatic heterocycles. The highest BCUT2D eigenvalue weighted by molar-refractivity contribution is 5.84. The number of carbonyl (C=O) groups excluding carboxylic acids is 1. The number of carbonyl (C=O) groups is 1. The van der Waals surface area contributed by atoms with Crippen molar-refractivity contribution < 1.29 is 14.6 Å². The second kappa shape index (κ2) is 5.15. The lowest BCUT2D eigenvalue weighted by molar-refractivity contribution is -0.153. The zero-order valence-electron chi connectivity index (χ0n) is 10.7. The van der Waals surface area contributed by atoms with Gasteiger partial charge in [0.2, 0.25) is 0 Å². The molecule has 1 aliphatic rings. The fraction of sp³-hybridized carbons (Fsp3) is 0.917. The molecular weight excluding hydrogens is 206 g/mol. The summed E-state index contributed by atoms with van der Waals surface area (Å²) in [5.74, 6) is 0.473. The van der Waals surface area contributed by atoms with Crippen LogP contribution < -0.4 is 0 Å². The third-order valence-electron chi connectivity index (χ3n) is 3.67. The van der Waals surface area contributed by atoms with Gasteiger partial charge in [0.25, 0.3) is 5.91 Å². The number of nitrogens with zero attached hydrogens (tertiary/aromatic N) is 1. The molecule has 0 bridgehead atoms. The van der Waals surface area contributed by atoms with Crippen LogP contribution in [0.1, 0.15) is 33.1 Å². The van der Waals surface area contributed by atoms with Gasteiger partial charge in [0.1, 0.15) is 5.60 Å². The molecule has 1 unspecified atom stereocenters. The number of rotatable bonds is 5. The summed E-state index contributed by atoms with van der Waals surface area (Å²) in [6.45, 7) is 4.48. The van der Waals surface area contributed by atoms with E-state index in [0.717, 1.165) is 19.4 Å². The molecule has 16 heavy (non-hydrogen) atoms. The molecule has 1 aliphatic carbocycles. The van der Waals surface area contributed by atoms with Crippen LogP contribution >= 0.6 is 0 Å². The maximum Gasteiger partial charge on any atom is 0.254 e. The fourth-order valence-electron chi connectivity index (χ4n) is 2.11. The summed E-state index contributed by atoms with van der Waals surface area (Å²) in [5.41, 5.74) is -0.711. The van der Waals surface area contributed by atoms with Crippen LogP contribution in [0.15, 0.2) is 0 Å². The van der Waals surface area contributed by atoms with E-state index in [1.807, 2.05) is 13.8 Å². The van der Waals surface area contributed by atoms with Gasteiger partial charge in [-0.05, 0) is 32.1 Å². The number of hydrogen-bond acceptors (Lipinski definition) is 3. The lowest BCUT2D eigenvalue weighted by Gasteiger charge is -2.37. The lowest BCUT2D eigenvalue weighted by Crippen LogP contribution is -2.49. The van der Waals surface area contributed by atoms with Gasteiger partial charge in [-0.15, -0.1) is 0 Å². The first-order valence-corrected chi connectivity index (χ1v) is 5.91. The first-order chi connectivity index (χ1) is 7.42. The first-order valence-electron chi connectivity index (χ1n) is 5.91. The Morgan fingerprint density at radius 1 is 1.56 bits per heavy atom. The predicted molar refractivity (Wildman–Crippen MR) is 62.1 cm³/mol. The Labute approximate surface area is 97.6 Å². The van der Waals surface area contributed by atoms with Crippen LogP contribution in [0.25, 0.3) is 0 Å². The molecule has 1 atom stereocenters. The number of aliphatic hydroxyl groups is 1. The van der Waals surface area contributed by atoms with Crippen LogP contribution in [0.3, 0.4) is 0 Å². The zero-order chi connectivity index (χ0) is 12.3. The molecule has 4 heteroatoms. The molecule has 1 fully saturated rings. The minimum atomic E-state index is -0.711. The van der Waals surface area contributed by atoms with Gasteiger partial charge in [0, 0.05) is 20.7 Å². The maximum absolute atomic E-state index is 12.1. The quantitative estimate of drug-likeness (QED) is 0.766. The molecular formula is C12H23NO3. The van der Waals surface area contributed by atoms with E-state index < -0.39 is 5.60 Å². The van der Waals surface area contributed by atoms with Crippen LogP contribution in [0.4, 0.5) is 0 Å². The molecule has 0 radical (unpaired) electrons. The Hall–Kier alpha value is -0.610. The van der Waals surface area contributed by atoms with Crippen molar-refractivity contribution in [1.82, 2.24) is 4.90 Å². The van der Waals surface area contributed by atoms with E-state index in [1.54, 1.807) is 19.1 Å². The number of ether oxygens (including phenoxy) is 1. The van der Waals surface area contributed by atoms with Crippen LogP contribution in [-0.2, 0) is 9.53 Å². The van der Waals surface area contributed by atoms with Crippen molar-refractivity contribution in [2.45, 2.75) is 44.8 Å². The van der Waals surface area contributed by atoms with Gasteiger partial charge in [-0.3, -0.25) is 4.79 Å². The molecule has 1 saturated carbocycles. The largest absolute Gasteiger partial charge is 0.393 e. The molecule has 0 aromatic heterocycles. The summed E-state index contributed by atoms with van der Waals surface area (Å²) >= 11 is 0. The summed E-state index contributed by atoms with van der Waals surface area (Å²) in [4.78, 5) is 13.8. The molecule has 1 amide bonds. The summed E-state index contributed by atoms with van der Waals surface area (Å²) in [6.07, 6.45) is 2.13. The summed E-state index contributed by atoms with van der Waals surface area (Å²) in [5, 5.41) is 9.19. The smallest absolute Gasteiger partial charge is 0.254 e. The van der Waals surface area contributed by atoms with E-state index in [1.165, 1.54) is 0 Å². The molecule has 4 nitrogen and oxygen atoms in total. The molecule has 1 rings (SSSR count). The monoisotopic (exact) mass is 229 g/mol. The minimum Gasteiger partial charge on any atom is -0.393 e. The molecule has 0 aromatic rings. The zero-order valence-corrected chi connectivity index (χ0v) is 10.7. The van der Waals surface area contributed by atoms with Crippen molar-refractivity contribution >= 4 is 5.91 Å². The van der Waals surface area contributed by atoms with Crippen molar-refractivity contribution in [3.05, 3.63) is 0 Å². The number of methoxy groups -OCH3 is 1. The maximum atomic E-state index is 12.1. The van der Waals surface area contributed by atoms with Crippen LogP contribution in [0, 0.1) is 5.92 Å². The average Bonchev–Trinajstić information content (AvgIpc) is 2.24. The summed E-state index contributed by atoms with van der Waals surface area (Å²) < 4.78 is 5.28. The average molecular weight is 229 g/mol. The van der Waals surface area contributed by atoms with E-state index in [0.29, 0.717) is 12.3 Å². The van der Waals surface area contributed by atoms with E-state index in [9.17, 15) is 9.90 Å². The van der Waals surface area contributed by atoms with Crippen molar-refractivity contribution in [3.8, 4) is 0 Å². The van der Waals surface area contributed by atoms with Crippen molar-refractivity contribution in [3.63, 3.8) is 0 Å². The molecule has 94 valence electrons. The predicted octanol–water partition coefficient (Wildman–Crippen LogP) is 1.03. The Morgan fingerprint density at radius 2 is 2.12 bits per heavy atom. The molecule has 0 heterocycles. The summed E-state index contributed by atoms with van der Waals surface area (Å²) in [7, 11) is 3.38. The van der Waals surface area contributed by atoms with Crippen molar-refractivity contribution in [2.24, 2.45) is 5.92 Å². The SMILES string of the molecule is CCC(C)(OC)C(=O)N(C)CC1CC(O)C1. The van der Waals surface area contributed by atoms with Crippen molar-refractivity contribution in [2.75, 3.05) is 20.7 Å². The minimum absolute atomic E-state index is 0.0267. The van der Waals surface area contributed by atoms with Crippen LogP contribution in [0.5, 0.6) is 0 Å². The molecule has 0 spiro atoms.